The van der Waals surface area contributed by atoms with Crippen LogP contribution in [0.3, 0.4) is 0 Å². The summed E-state index contributed by atoms with van der Waals surface area (Å²) in [6, 6.07) is 20.7. The van der Waals surface area contributed by atoms with E-state index in [0.717, 1.165) is 38.0 Å². The van der Waals surface area contributed by atoms with E-state index in [9.17, 15) is 9.59 Å². The summed E-state index contributed by atoms with van der Waals surface area (Å²) in [6.45, 7) is 1.59. The Kier molecular flexibility index (Phi) is 5.92. The summed E-state index contributed by atoms with van der Waals surface area (Å²) in [5.74, 6) is -0.104. The number of benzene rings is 3. The smallest absolute Gasteiger partial charge is 0.323 e. The van der Waals surface area contributed by atoms with Gasteiger partial charge in [-0.1, -0.05) is 35.9 Å². The zero-order valence-electron chi connectivity index (χ0n) is 18.1. The lowest BCUT2D eigenvalue weighted by molar-refractivity contribution is 0.0951. The predicted octanol–water partition coefficient (Wildman–Crippen LogP) is 5.44. The van der Waals surface area contributed by atoms with Crippen LogP contribution < -0.4 is 20.9 Å². The highest BCUT2D eigenvalue weighted by Crippen LogP contribution is 2.30. The molecule has 1 heterocycles. The summed E-state index contributed by atoms with van der Waals surface area (Å²) in [6.07, 6.45) is 2.96. The molecule has 0 unspecified atom stereocenters. The van der Waals surface area contributed by atoms with Crippen LogP contribution in [0.5, 0.6) is 0 Å². The molecule has 5 rings (SSSR count). The summed E-state index contributed by atoms with van der Waals surface area (Å²) in [7, 11) is 0. The van der Waals surface area contributed by atoms with Crippen LogP contribution in [0.25, 0.3) is 0 Å². The summed E-state index contributed by atoms with van der Waals surface area (Å²) in [4.78, 5) is 27.8. The molecule has 0 bridgehead atoms. The quantitative estimate of drug-likeness (QED) is 0.474. The lowest BCUT2D eigenvalue weighted by Crippen LogP contribution is -2.33. The second-order valence-electron chi connectivity index (χ2n) is 8.51. The van der Waals surface area contributed by atoms with Gasteiger partial charge in [0.05, 0.1) is 5.56 Å². The largest absolute Gasteiger partial charge is 0.366 e. The van der Waals surface area contributed by atoms with E-state index in [2.05, 4.69) is 45.1 Å². The fourth-order valence-electron chi connectivity index (χ4n) is 4.09. The third-order valence-electron chi connectivity index (χ3n) is 5.99. The van der Waals surface area contributed by atoms with Crippen molar-refractivity contribution in [3.8, 4) is 0 Å². The lowest BCUT2D eigenvalue weighted by Gasteiger charge is -2.32. The number of carbonyl (C=O) groups is 2. The number of carbonyl (C=O) groups excluding carboxylic acids is 2. The van der Waals surface area contributed by atoms with Crippen LogP contribution in [0.4, 0.5) is 21.9 Å². The van der Waals surface area contributed by atoms with Crippen molar-refractivity contribution in [1.29, 1.82) is 0 Å². The highest BCUT2D eigenvalue weighted by Gasteiger charge is 2.27. The average Bonchev–Trinajstić information content (AvgIpc) is 3.64. The number of fused-ring (bicyclic) bond motifs is 1. The third kappa shape index (κ3) is 5.12. The van der Waals surface area contributed by atoms with Gasteiger partial charge in [-0.2, -0.15) is 0 Å². The molecule has 168 valence electrons. The van der Waals surface area contributed by atoms with E-state index in [-0.39, 0.29) is 18.0 Å². The highest BCUT2D eigenvalue weighted by molar-refractivity contribution is 6.30. The minimum Gasteiger partial charge on any atom is -0.366 e. The summed E-state index contributed by atoms with van der Waals surface area (Å²) < 4.78 is 0. The van der Waals surface area contributed by atoms with Crippen molar-refractivity contribution in [1.82, 2.24) is 5.32 Å². The maximum Gasteiger partial charge on any atom is 0.323 e. The van der Waals surface area contributed by atoms with Crippen molar-refractivity contribution in [2.24, 2.45) is 0 Å². The minimum atomic E-state index is -0.384. The van der Waals surface area contributed by atoms with Gasteiger partial charge in [-0.15, -0.1) is 0 Å². The molecule has 0 saturated heterocycles. The number of hydrogen-bond acceptors (Lipinski definition) is 3. The number of nitrogens with one attached hydrogen (secondary N) is 3. The number of halogens is 1. The maximum atomic E-state index is 13.1. The molecule has 3 N–H and O–H groups in total. The second-order valence-corrected chi connectivity index (χ2v) is 8.94. The Bertz CT molecular complexity index is 1190. The first-order valence-electron chi connectivity index (χ1n) is 11.2. The van der Waals surface area contributed by atoms with E-state index in [1.807, 2.05) is 12.1 Å². The predicted molar refractivity (Wildman–Crippen MR) is 132 cm³/mol. The van der Waals surface area contributed by atoms with Crippen LogP contribution in [-0.2, 0) is 13.0 Å². The Morgan fingerprint density at radius 3 is 2.33 bits per heavy atom. The molecular formula is C26H25ClN4O2. The molecule has 3 amide bonds. The SMILES string of the molecule is O=C(Nc1ccc(Cl)cc1)Nc1ccc(N2CCc3ccccc3C2)c(C(=O)NC2CC2)c1. The average molecular weight is 461 g/mol. The first kappa shape index (κ1) is 21.3. The molecular weight excluding hydrogens is 436 g/mol. The van der Waals surface area contributed by atoms with Crippen molar-refractivity contribution in [3.63, 3.8) is 0 Å². The maximum absolute atomic E-state index is 13.1. The van der Waals surface area contributed by atoms with Crippen molar-refractivity contribution < 1.29 is 9.59 Å². The fraction of sp³-hybridized carbons (Fsp3) is 0.231. The topological polar surface area (TPSA) is 73.5 Å². The molecule has 1 aliphatic carbocycles. The number of amides is 3. The molecule has 7 heteroatoms. The Morgan fingerprint density at radius 2 is 1.58 bits per heavy atom. The van der Waals surface area contributed by atoms with Crippen molar-refractivity contribution in [3.05, 3.63) is 88.4 Å². The van der Waals surface area contributed by atoms with Crippen LogP contribution in [-0.4, -0.2) is 24.5 Å². The van der Waals surface area contributed by atoms with Crippen molar-refractivity contribution in [2.45, 2.75) is 31.8 Å². The van der Waals surface area contributed by atoms with E-state index in [1.54, 1.807) is 30.3 Å². The summed E-state index contributed by atoms with van der Waals surface area (Å²) in [5.41, 5.74) is 5.28. The Labute approximate surface area is 197 Å². The van der Waals surface area contributed by atoms with Crippen LogP contribution in [0, 0.1) is 0 Å². The Hall–Kier alpha value is -3.51. The molecule has 2 aliphatic rings. The monoisotopic (exact) mass is 460 g/mol. The molecule has 0 atom stereocenters. The highest BCUT2D eigenvalue weighted by atomic mass is 35.5. The lowest BCUT2D eigenvalue weighted by atomic mass is 9.98. The molecule has 1 saturated carbocycles. The molecule has 0 spiro atoms. The number of hydrogen-bond donors (Lipinski definition) is 3. The van der Waals surface area contributed by atoms with Gasteiger partial charge in [0, 0.05) is 41.2 Å². The number of anilines is 3. The van der Waals surface area contributed by atoms with E-state index >= 15 is 0 Å². The minimum absolute atomic E-state index is 0.104. The van der Waals surface area contributed by atoms with Gasteiger partial charge in [0.25, 0.3) is 5.91 Å². The first-order valence-corrected chi connectivity index (χ1v) is 11.5. The summed E-state index contributed by atoms with van der Waals surface area (Å²) in [5, 5.41) is 9.30. The van der Waals surface area contributed by atoms with Gasteiger partial charge in [-0.05, 0) is 72.9 Å². The molecule has 3 aromatic rings. The fourth-order valence-corrected chi connectivity index (χ4v) is 4.22. The molecule has 1 aliphatic heterocycles. The molecule has 6 nitrogen and oxygen atoms in total. The summed E-state index contributed by atoms with van der Waals surface area (Å²) >= 11 is 5.90. The van der Waals surface area contributed by atoms with E-state index < -0.39 is 0 Å². The van der Waals surface area contributed by atoms with Crippen LogP contribution in [0.2, 0.25) is 5.02 Å². The van der Waals surface area contributed by atoms with Crippen LogP contribution in [0.1, 0.15) is 34.3 Å². The zero-order valence-corrected chi connectivity index (χ0v) is 18.9. The van der Waals surface area contributed by atoms with Gasteiger partial charge in [-0.25, -0.2) is 4.79 Å². The Balaban J connectivity index is 1.37. The van der Waals surface area contributed by atoms with Gasteiger partial charge in [-0.3, -0.25) is 4.79 Å². The normalized spacial score (nSPS) is 14.9. The third-order valence-corrected chi connectivity index (χ3v) is 6.24. The van der Waals surface area contributed by atoms with E-state index in [0.29, 0.717) is 22.0 Å². The second kappa shape index (κ2) is 9.16. The van der Waals surface area contributed by atoms with Gasteiger partial charge in [0.2, 0.25) is 0 Å². The molecule has 33 heavy (non-hydrogen) atoms. The standard InChI is InChI=1S/C26H25ClN4O2/c27-19-5-7-21(8-6-19)29-26(33)30-22-11-12-24(23(15-22)25(32)28-20-9-10-20)31-14-13-17-3-1-2-4-18(17)16-31/h1-8,11-12,15,20H,9-10,13-14,16H2,(H,28,32)(H2,29,30,33). The molecule has 0 aromatic heterocycles. The van der Waals surface area contributed by atoms with Crippen LogP contribution in [0.15, 0.2) is 66.7 Å². The van der Waals surface area contributed by atoms with Crippen molar-refractivity contribution in [2.75, 3.05) is 22.1 Å². The van der Waals surface area contributed by atoms with Gasteiger partial charge >= 0.3 is 6.03 Å². The van der Waals surface area contributed by atoms with Gasteiger partial charge < -0.3 is 20.9 Å². The first-order chi connectivity index (χ1) is 16.0. The van der Waals surface area contributed by atoms with Crippen molar-refractivity contribution >= 4 is 40.6 Å². The molecule has 3 aromatic carbocycles. The number of rotatable bonds is 5. The van der Waals surface area contributed by atoms with Gasteiger partial charge in [0.1, 0.15) is 0 Å². The zero-order chi connectivity index (χ0) is 22.8. The Morgan fingerprint density at radius 1 is 0.879 bits per heavy atom. The molecule has 0 radical (unpaired) electrons. The van der Waals surface area contributed by atoms with E-state index in [1.165, 1.54) is 11.1 Å². The van der Waals surface area contributed by atoms with E-state index in [4.69, 9.17) is 11.6 Å². The number of nitrogens with zero attached hydrogens (tertiary/aromatic N) is 1. The number of urea groups is 1. The van der Waals surface area contributed by atoms with Gasteiger partial charge in [0.15, 0.2) is 0 Å². The molecule has 1 fully saturated rings. The van der Waals surface area contributed by atoms with Crippen LogP contribution >= 0.6 is 11.6 Å².